The Morgan fingerprint density at radius 2 is 1.87 bits per heavy atom. The van der Waals surface area contributed by atoms with E-state index in [1.165, 1.54) is 35.2 Å². The van der Waals surface area contributed by atoms with Crippen molar-refractivity contribution in [1.82, 2.24) is 0 Å². The van der Waals surface area contributed by atoms with Crippen molar-refractivity contribution in [1.29, 1.82) is 5.26 Å². The van der Waals surface area contributed by atoms with E-state index in [4.69, 9.17) is 0 Å². The van der Waals surface area contributed by atoms with Gasteiger partial charge < -0.3 is 0 Å². The predicted octanol–water partition coefficient (Wildman–Crippen LogP) is 3.82. The number of benzene rings is 1. The van der Waals surface area contributed by atoms with Crippen LogP contribution < -0.4 is 10.3 Å². The van der Waals surface area contributed by atoms with E-state index in [9.17, 15) is 5.26 Å². The molecular weight excluding hydrogens is 282 g/mol. The number of nitrogens with one attached hydrogen (secondary N) is 2. The summed E-state index contributed by atoms with van der Waals surface area (Å²) in [5.41, 5.74) is 6.03. The molecule has 0 saturated carbocycles. The highest BCUT2D eigenvalue weighted by atomic mass is 15.0. The van der Waals surface area contributed by atoms with Gasteiger partial charge in [0.25, 0.3) is 5.82 Å². The normalized spacial score (nSPS) is 13.2. The van der Waals surface area contributed by atoms with E-state index in [2.05, 4.69) is 35.4 Å². The summed E-state index contributed by atoms with van der Waals surface area (Å²) in [6.45, 7) is 2.94. The number of pyridine rings is 1. The fourth-order valence-corrected chi connectivity index (χ4v) is 3.46. The zero-order chi connectivity index (χ0) is 16.1. The van der Waals surface area contributed by atoms with E-state index in [-0.39, 0.29) is 0 Å². The molecule has 23 heavy (non-hydrogen) atoms. The maximum absolute atomic E-state index is 9.68. The summed E-state index contributed by atoms with van der Waals surface area (Å²) in [4.78, 5) is 3.53. The van der Waals surface area contributed by atoms with E-state index in [1.807, 2.05) is 18.2 Å². The molecule has 1 aromatic heterocycles. The molecule has 1 aromatic carbocycles. The highest BCUT2D eigenvalue weighted by Crippen LogP contribution is 2.29. The van der Waals surface area contributed by atoms with Crippen LogP contribution in [0.5, 0.6) is 0 Å². The van der Waals surface area contributed by atoms with Crippen molar-refractivity contribution < 1.29 is 4.98 Å². The molecule has 0 atom stereocenters. The van der Waals surface area contributed by atoms with Crippen molar-refractivity contribution in [3.05, 3.63) is 58.3 Å². The average Bonchev–Trinajstić information content (AvgIpc) is 2.61. The quantitative estimate of drug-likeness (QED) is 0.913. The molecule has 0 saturated heterocycles. The third kappa shape index (κ3) is 3.37. The van der Waals surface area contributed by atoms with Crippen molar-refractivity contribution in [2.24, 2.45) is 0 Å². The number of nitrogens with zero attached hydrogens (tertiary/aromatic N) is 1. The molecular formula is C20H24N3+. The topological polar surface area (TPSA) is 50.0 Å². The third-order valence-corrected chi connectivity index (χ3v) is 4.58. The summed E-state index contributed by atoms with van der Waals surface area (Å²) in [6.07, 6.45) is 6.73. The second kappa shape index (κ2) is 7.28. The minimum Gasteiger partial charge on any atom is -0.269 e. The Labute approximate surface area is 138 Å². The number of hydrogen-bond donors (Lipinski definition) is 1. The van der Waals surface area contributed by atoms with Crippen molar-refractivity contribution in [2.45, 2.75) is 52.0 Å². The highest BCUT2D eigenvalue weighted by Gasteiger charge is 2.25. The second-order valence-electron chi connectivity index (χ2n) is 6.22. The second-order valence-corrected chi connectivity index (χ2v) is 6.22. The fraction of sp³-hybridized carbons (Fsp3) is 0.400. The van der Waals surface area contributed by atoms with Gasteiger partial charge in [-0.25, -0.2) is 4.98 Å². The van der Waals surface area contributed by atoms with Gasteiger partial charge in [0, 0.05) is 6.42 Å². The zero-order valence-corrected chi connectivity index (χ0v) is 13.8. The summed E-state index contributed by atoms with van der Waals surface area (Å²) in [7, 11) is 0. The van der Waals surface area contributed by atoms with Crippen molar-refractivity contribution in [3.63, 3.8) is 0 Å². The first-order chi connectivity index (χ1) is 11.3. The van der Waals surface area contributed by atoms with Gasteiger partial charge in [-0.05, 0) is 48.8 Å². The smallest absolute Gasteiger partial charge is 0.269 e. The Morgan fingerprint density at radius 3 is 2.57 bits per heavy atom. The molecule has 0 bridgehead atoms. The van der Waals surface area contributed by atoms with Gasteiger partial charge >= 0.3 is 0 Å². The van der Waals surface area contributed by atoms with Crippen molar-refractivity contribution >= 4 is 5.82 Å². The maximum Gasteiger partial charge on any atom is 0.291 e. The summed E-state index contributed by atoms with van der Waals surface area (Å²) in [5, 5.41) is 13.1. The summed E-state index contributed by atoms with van der Waals surface area (Å²) in [5.74, 6) is 0.889. The predicted molar refractivity (Wildman–Crippen MR) is 92.1 cm³/mol. The molecule has 0 fully saturated rings. The molecule has 2 N–H and O–H groups in total. The average molecular weight is 306 g/mol. The van der Waals surface area contributed by atoms with Crippen LogP contribution >= 0.6 is 0 Å². The lowest BCUT2D eigenvalue weighted by molar-refractivity contribution is -0.375. The molecule has 3 heteroatoms. The molecule has 118 valence electrons. The first-order valence-corrected chi connectivity index (χ1v) is 8.61. The molecule has 0 aliphatic heterocycles. The molecule has 3 rings (SSSR count). The molecule has 1 aliphatic rings. The number of H-pyrrole nitrogens is 1. The van der Waals surface area contributed by atoms with Crippen LogP contribution in [-0.4, -0.2) is 0 Å². The number of aryl methyl sites for hydroxylation is 1. The van der Waals surface area contributed by atoms with Gasteiger partial charge in [-0.3, -0.25) is 5.32 Å². The standard InChI is InChI=1S/C20H23N3/c1-2-8-19-17-12-7-6-11-16(17)18(13-21)20(23-19)22-14-15-9-4-3-5-10-15/h3-5,9-10H,2,6-8,11-12,14H2,1H3,(H,22,23)/p+1. The van der Waals surface area contributed by atoms with Crippen LogP contribution in [0.3, 0.4) is 0 Å². The fourth-order valence-electron chi connectivity index (χ4n) is 3.46. The molecule has 1 heterocycles. The van der Waals surface area contributed by atoms with E-state index in [0.29, 0.717) is 0 Å². The minimum atomic E-state index is 0.733. The molecule has 0 spiro atoms. The van der Waals surface area contributed by atoms with E-state index < -0.39 is 0 Å². The molecule has 0 unspecified atom stereocenters. The summed E-state index contributed by atoms with van der Waals surface area (Å²) < 4.78 is 0. The lowest BCUT2D eigenvalue weighted by Gasteiger charge is -2.19. The third-order valence-electron chi connectivity index (χ3n) is 4.58. The Kier molecular flexibility index (Phi) is 4.92. The van der Waals surface area contributed by atoms with Gasteiger partial charge in [0.15, 0.2) is 0 Å². The van der Waals surface area contributed by atoms with Crippen molar-refractivity contribution in [3.8, 4) is 6.07 Å². The molecule has 1 aliphatic carbocycles. The number of aromatic nitrogens is 1. The molecule has 0 amide bonds. The van der Waals surface area contributed by atoms with E-state index in [0.717, 1.165) is 43.6 Å². The highest BCUT2D eigenvalue weighted by molar-refractivity contribution is 5.56. The van der Waals surface area contributed by atoms with Gasteiger partial charge in [0.05, 0.1) is 0 Å². The lowest BCUT2D eigenvalue weighted by Crippen LogP contribution is -2.25. The van der Waals surface area contributed by atoms with Gasteiger partial charge in [-0.2, -0.15) is 5.26 Å². The van der Waals surface area contributed by atoms with Crippen LogP contribution in [0.2, 0.25) is 0 Å². The first-order valence-electron chi connectivity index (χ1n) is 8.61. The van der Waals surface area contributed by atoms with Crippen molar-refractivity contribution in [2.75, 3.05) is 5.32 Å². The van der Waals surface area contributed by atoms with Crippen LogP contribution in [0.1, 0.15) is 54.1 Å². The SMILES string of the molecule is CCCc1[nH+]c(NCc2ccccc2)c(C#N)c2c1CCCC2. The first kappa shape index (κ1) is 15.6. The number of hydrogen-bond acceptors (Lipinski definition) is 2. The molecule has 3 nitrogen and oxygen atoms in total. The van der Waals surface area contributed by atoms with Crippen LogP contribution in [0, 0.1) is 11.3 Å². The minimum absolute atomic E-state index is 0.733. The monoisotopic (exact) mass is 306 g/mol. The van der Waals surface area contributed by atoms with Crippen LogP contribution in [0.4, 0.5) is 5.82 Å². The lowest BCUT2D eigenvalue weighted by atomic mass is 9.87. The summed E-state index contributed by atoms with van der Waals surface area (Å²) in [6, 6.07) is 12.7. The van der Waals surface area contributed by atoms with Gasteiger partial charge in [0.2, 0.25) is 0 Å². The number of aromatic amines is 1. The van der Waals surface area contributed by atoms with Gasteiger partial charge in [-0.15, -0.1) is 0 Å². The number of nitriles is 1. The Balaban J connectivity index is 1.95. The van der Waals surface area contributed by atoms with Crippen LogP contribution in [0.25, 0.3) is 0 Å². The maximum atomic E-state index is 9.68. The van der Waals surface area contributed by atoms with Crippen LogP contribution in [0.15, 0.2) is 30.3 Å². The molecule has 0 radical (unpaired) electrons. The van der Waals surface area contributed by atoms with Gasteiger partial charge in [0.1, 0.15) is 23.9 Å². The summed E-state index contributed by atoms with van der Waals surface area (Å²) >= 11 is 0. The Hall–Kier alpha value is -2.34. The number of anilines is 1. The molecule has 2 aromatic rings. The zero-order valence-electron chi connectivity index (χ0n) is 13.8. The Morgan fingerprint density at radius 1 is 1.13 bits per heavy atom. The van der Waals surface area contributed by atoms with Gasteiger partial charge in [-0.1, -0.05) is 37.3 Å². The van der Waals surface area contributed by atoms with Crippen LogP contribution in [-0.2, 0) is 25.8 Å². The largest absolute Gasteiger partial charge is 0.291 e. The number of rotatable bonds is 5. The number of fused-ring (bicyclic) bond motifs is 1. The van der Waals surface area contributed by atoms with E-state index >= 15 is 0 Å². The van der Waals surface area contributed by atoms with E-state index in [1.54, 1.807) is 0 Å². The Bertz CT molecular complexity index is 714.